The van der Waals surface area contributed by atoms with Crippen LogP contribution in [0.2, 0.25) is 0 Å². The summed E-state index contributed by atoms with van der Waals surface area (Å²) in [6, 6.07) is 14.5. The Labute approximate surface area is 174 Å². The number of nitrogens with zero attached hydrogens (tertiary/aromatic N) is 1. The molecule has 2 aromatic carbocycles. The summed E-state index contributed by atoms with van der Waals surface area (Å²) in [7, 11) is 0. The molecule has 1 aromatic heterocycles. The fourth-order valence-electron chi connectivity index (χ4n) is 4.17. The summed E-state index contributed by atoms with van der Waals surface area (Å²) in [4.78, 5) is 17.4. The third-order valence-corrected chi connectivity index (χ3v) is 6.86. The molecule has 2 aliphatic rings. The van der Waals surface area contributed by atoms with Gasteiger partial charge in [0.2, 0.25) is 0 Å². The van der Waals surface area contributed by atoms with Gasteiger partial charge in [0.05, 0.1) is 10.2 Å². The van der Waals surface area contributed by atoms with Gasteiger partial charge in [-0.1, -0.05) is 18.2 Å². The van der Waals surface area contributed by atoms with Gasteiger partial charge in [0.25, 0.3) is 0 Å². The first-order valence-electron chi connectivity index (χ1n) is 10.3. The van der Waals surface area contributed by atoms with Crippen molar-refractivity contribution in [3.05, 3.63) is 53.0 Å². The van der Waals surface area contributed by atoms with Crippen LogP contribution in [0.5, 0.6) is 11.5 Å². The van der Waals surface area contributed by atoms with E-state index in [1.165, 1.54) is 16.9 Å². The van der Waals surface area contributed by atoms with Crippen LogP contribution < -0.4 is 14.8 Å². The molecule has 0 radical (unpaired) electrons. The SMILES string of the molecule is O=C(c1nc2ccccc2s1)[C@H]1CC[C@H](NCc2ccc3c(c2)OCCO3)CC1. The van der Waals surface area contributed by atoms with Crippen molar-refractivity contribution in [1.82, 2.24) is 10.3 Å². The largest absolute Gasteiger partial charge is 0.486 e. The number of nitrogens with one attached hydrogen (secondary N) is 1. The summed E-state index contributed by atoms with van der Waals surface area (Å²) in [5.41, 5.74) is 2.12. The van der Waals surface area contributed by atoms with E-state index in [-0.39, 0.29) is 11.7 Å². The van der Waals surface area contributed by atoms with E-state index in [1.807, 2.05) is 30.3 Å². The Hall–Kier alpha value is -2.44. The molecule has 3 aromatic rings. The second-order valence-corrected chi connectivity index (χ2v) is 8.79. The van der Waals surface area contributed by atoms with Crippen molar-refractivity contribution >= 4 is 27.3 Å². The van der Waals surface area contributed by atoms with Gasteiger partial charge in [0, 0.05) is 18.5 Å². The maximum absolute atomic E-state index is 12.9. The van der Waals surface area contributed by atoms with Crippen LogP contribution in [0.25, 0.3) is 10.2 Å². The van der Waals surface area contributed by atoms with E-state index >= 15 is 0 Å². The van der Waals surface area contributed by atoms with E-state index < -0.39 is 0 Å². The zero-order chi connectivity index (χ0) is 19.6. The Kier molecular flexibility index (Phi) is 5.21. The molecule has 5 rings (SSSR count). The lowest BCUT2D eigenvalue weighted by Crippen LogP contribution is -2.34. The highest BCUT2D eigenvalue weighted by Crippen LogP contribution is 2.32. The predicted molar refractivity (Wildman–Crippen MR) is 114 cm³/mol. The zero-order valence-electron chi connectivity index (χ0n) is 16.2. The number of para-hydroxylation sites is 1. The normalized spacial score (nSPS) is 21.2. The molecular weight excluding hydrogens is 384 g/mol. The van der Waals surface area contributed by atoms with Crippen LogP contribution >= 0.6 is 11.3 Å². The summed E-state index contributed by atoms with van der Waals surface area (Å²) >= 11 is 1.52. The van der Waals surface area contributed by atoms with Crippen LogP contribution in [0.1, 0.15) is 41.0 Å². The number of benzene rings is 2. The summed E-state index contributed by atoms with van der Waals surface area (Å²) < 4.78 is 12.3. The van der Waals surface area contributed by atoms with Crippen molar-refractivity contribution in [1.29, 1.82) is 0 Å². The van der Waals surface area contributed by atoms with Crippen molar-refractivity contribution in [2.45, 2.75) is 38.3 Å². The lowest BCUT2D eigenvalue weighted by molar-refractivity contribution is 0.0879. The van der Waals surface area contributed by atoms with E-state index in [0.29, 0.717) is 24.3 Å². The molecule has 29 heavy (non-hydrogen) atoms. The molecule has 2 heterocycles. The van der Waals surface area contributed by atoms with E-state index in [4.69, 9.17) is 9.47 Å². The molecule has 0 spiro atoms. The molecule has 0 saturated heterocycles. The molecule has 6 heteroatoms. The second-order valence-electron chi connectivity index (χ2n) is 7.76. The van der Waals surface area contributed by atoms with Crippen molar-refractivity contribution in [2.75, 3.05) is 13.2 Å². The number of ether oxygens (including phenoxy) is 2. The molecule has 1 N–H and O–H groups in total. The molecule has 5 nitrogen and oxygen atoms in total. The molecule has 150 valence electrons. The molecule has 0 amide bonds. The summed E-state index contributed by atoms with van der Waals surface area (Å²) in [6.45, 7) is 2.03. The van der Waals surface area contributed by atoms with E-state index in [1.54, 1.807) is 0 Å². The van der Waals surface area contributed by atoms with Crippen LogP contribution in [0, 0.1) is 5.92 Å². The summed E-state index contributed by atoms with van der Waals surface area (Å²) in [5, 5.41) is 4.31. The van der Waals surface area contributed by atoms with E-state index in [2.05, 4.69) is 22.4 Å². The number of hydrogen-bond acceptors (Lipinski definition) is 6. The van der Waals surface area contributed by atoms with Gasteiger partial charge in [-0.15, -0.1) is 11.3 Å². The molecule has 0 bridgehead atoms. The van der Waals surface area contributed by atoms with Crippen molar-refractivity contribution in [3.63, 3.8) is 0 Å². The van der Waals surface area contributed by atoms with Crippen LogP contribution in [-0.4, -0.2) is 30.0 Å². The fraction of sp³-hybridized carbons (Fsp3) is 0.391. The minimum atomic E-state index is 0.0999. The highest BCUT2D eigenvalue weighted by Gasteiger charge is 2.28. The molecule has 0 unspecified atom stereocenters. The maximum atomic E-state index is 12.9. The lowest BCUT2D eigenvalue weighted by atomic mass is 9.83. The summed E-state index contributed by atoms with van der Waals surface area (Å²) in [5.74, 6) is 1.98. The number of ketones is 1. The Balaban J connectivity index is 1.15. The van der Waals surface area contributed by atoms with Crippen molar-refractivity contribution in [3.8, 4) is 11.5 Å². The van der Waals surface area contributed by atoms with Crippen LogP contribution in [-0.2, 0) is 6.54 Å². The minimum Gasteiger partial charge on any atom is -0.486 e. The Morgan fingerprint density at radius 3 is 2.66 bits per heavy atom. The highest BCUT2D eigenvalue weighted by molar-refractivity contribution is 7.20. The highest BCUT2D eigenvalue weighted by atomic mass is 32.1. The van der Waals surface area contributed by atoms with Gasteiger partial charge in [-0.25, -0.2) is 4.98 Å². The number of hydrogen-bond donors (Lipinski definition) is 1. The molecule has 0 atom stereocenters. The lowest BCUT2D eigenvalue weighted by Gasteiger charge is -2.28. The zero-order valence-corrected chi connectivity index (χ0v) is 17.0. The number of aromatic nitrogens is 1. The van der Waals surface area contributed by atoms with Crippen LogP contribution in [0.15, 0.2) is 42.5 Å². The smallest absolute Gasteiger partial charge is 0.194 e. The fourth-order valence-corrected chi connectivity index (χ4v) is 5.16. The van der Waals surface area contributed by atoms with Gasteiger partial charge in [0.15, 0.2) is 22.3 Å². The van der Waals surface area contributed by atoms with E-state index in [0.717, 1.165) is 53.9 Å². The van der Waals surface area contributed by atoms with Crippen molar-refractivity contribution < 1.29 is 14.3 Å². The number of fused-ring (bicyclic) bond motifs is 2. The molecule has 1 fully saturated rings. The maximum Gasteiger partial charge on any atom is 0.194 e. The van der Waals surface area contributed by atoms with Gasteiger partial charge in [-0.05, 0) is 55.5 Å². The monoisotopic (exact) mass is 408 g/mol. The van der Waals surface area contributed by atoms with Crippen molar-refractivity contribution in [2.24, 2.45) is 5.92 Å². The number of rotatable bonds is 5. The topological polar surface area (TPSA) is 60.5 Å². The van der Waals surface area contributed by atoms with Crippen LogP contribution in [0.3, 0.4) is 0 Å². The second kappa shape index (κ2) is 8.13. The first-order chi connectivity index (χ1) is 14.3. The Bertz CT molecular complexity index is 991. The first kappa shape index (κ1) is 18.6. The quantitative estimate of drug-likeness (QED) is 0.625. The van der Waals surface area contributed by atoms with Gasteiger partial charge in [-0.2, -0.15) is 0 Å². The number of thiazole rings is 1. The first-order valence-corrected chi connectivity index (χ1v) is 11.1. The Morgan fingerprint density at radius 2 is 1.83 bits per heavy atom. The summed E-state index contributed by atoms with van der Waals surface area (Å²) in [6.07, 6.45) is 3.89. The number of Topliss-reactive ketones (excluding diaryl/α,β-unsaturated/α-hetero) is 1. The van der Waals surface area contributed by atoms with Gasteiger partial charge < -0.3 is 14.8 Å². The third kappa shape index (κ3) is 4.00. The number of carbonyl (C=O) groups is 1. The predicted octanol–water partition coefficient (Wildman–Crippen LogP) is 4.60. The van der Waals surface area contributed by atoms with Gasteiger partial charge in [0.1, 0.15) is 13.2 Å². The van der Waals surface area contributed by atoms with Gasteiger partial charge >= 0.3 is 0 Å². The van der Waals surface area contributed by atoms with E-state index in [9.17, 15) is 4.79 Å². The van der Waals surface area contributed by atoms with Crippen LogP contribution in [0.4, 0.5) is 0 Å². The molecule has 1 aliphatic heterocycles. The number of carbonyl (C=O) groups excluding carboxylic acids is 1. The Morgan fingerprint density at radius 1 is 1.03 bits per heavy atom. The molecular formula is C23H24N2O3S. The van der Waals surface area contributed by atoms with Gasteiger partial charge in [-0.3, -0.25) is 4.79 Å². The third-order valence-electron chi connectivity index (χ3n) is 5.80. The minimum absolute atomic E-state index is 0.0999. The average Bonchev–Trinajstić information content (AvgIpc) is 3.22. The standard InChI is InChI=1S/C23H24N2O3S/c26-22(23-25-18-3-1-2-4-21(18)29-23)16-6-8-17(9-7-16)24-14-15-5-10-19-20(13-15)28-12-11-27-19/h1-5,10,13,16-17,24H,6-9,11-12,14H2/t16-,17-. The average molecular weight is 409 g/mol. The molecule has 1 aliphatic carbocycles. The molecule has 1 saturated carbocycles.